The largest absolute Gasteiger partial charge is 0.495 e. The number of nitro benzene ring substituents is 1. The van der Waals surface area contributed by atoms with Crippen LogP contribution in [0.2, 0.25) is 0 Å². The summed E-state index contributed by atoms with van der Waals surface area (Å²) in [6.07, 6.45) is 0.294. The molecular weight excluding hydrogens is 394 g/mol. The molecule has 30 heavy (non-hydrogen) atoms. The van der Waals surface area contributed by atoms with Crippen LogP contribution in [0.15, 0.2) is 48.5 Å². The molecule has 0 fully saturated rings. The van der Waals surface area contributed by atoms with E-state index in [-0.39, 0.29) is 36.5 Å². The maximum absolute atomic E-state index is 12.0. The van der Waals surface area contributed by atoms with Crippen molar-refractivity contribution < 1.29 is 28.8 Å². The third kappa shape index (κ3) is 7.23. The zero-order valence-electron chi connectivity index (χ0n) is 16.3. The molecule has 2 rings (SSSR count). The van der Waals surface area contributed by atoms with Crippen molar-refractivity contribution in [3.05, 3.63) is 58.6 Å². The van der Waals surface area contributed by atoms with Crippen LogP contribution in [0.4, 0.5) is 17.1 Å². The van der Waals surface area contributed by atoms with Gasteiger partial charge in [-0.1, -0.05) is 18.2 Å². The van der Waals surface area contributed by atoms with Crippen molar-refractivity contribution in [2.24, 2.45) is 0 Å². The Morgan fingerprint density at radius 1 is 1.00 bits per heavy atom. The quantitative estimate of drug-likeness (QED) is 0.346. The van der Waals surface area contributed by atoms with E-state index in [9.17, 15) is 24.5 Å². The summed E-state index contributed by atoms with van der Waals surface area (Å²) in [5.74, 6) is -1.01. The Morgan fingerprint density at radius 2 is 1.77 bits per heavy atom. The number of para-hydroxylation sites is 2. The van der Waals surface area contributed by atoms with E-state index in [0.29, 0.717) is 11.4 Å². The van der Waals surface area contributed by atoms with Crippen LogP contribution in [-0.4, -0.2) is 36.4 Å². The Morgan fingerprint density at radius 3 is 2.50 bits per heavy atom. The molecule has 0 aliphatic rings. The minimum Gasteiger partial charge on any atom is -0.495 e. The van der Waals surface area contributed by atoms with Gasteiger partial charge in [0.1, 0.15) is 5.75 Å². The lowest BCUT2D eigenvalue weighted by molar-refractivity contribution is -0.384. The standard InChI is InChI=1S/C20H21N3O7/c1-29-17-9-3-2-8-16(17)22-18(24)10-5-11-20(26)30-13-19(25)21-14-6-4-7-15(12-14)23(27)28/h2-4,6-9,12H,5,10-11,13H2,1H3,(H,21,25)(H,22,24). The minimum atomic E-state index is -0.630. The molecule has 2 aromatic carbocycles. The minimum absolute atomic E-state index is 0.0383. The predicted molar refractivity (Wildman–Crippen MR) is 108 cm³/mol. The highest BCUT2D eigenvalue weighted by Crippen LogP contribution is 2.23. The van der Waals surface area contributed by atoms with E-state index in [2.05, 4.69) is 10.6 Å². The fourth-order valence-electron chi connectivity index (χ4n) is 2.47. The SMILES string of the molecule is COc1ccccc1NC(=O)CCCC(=O)OCC(=O)Nc1cccc([N+](=O)[O-])c1. The number of amides is 2. The summed E-state index contributed by atoms with van der Waals surface area (Å²) < 4.78 is 10.00. The zero-order valence-corrected chi connectivity index (χ0v) is 16.3. The monoisotopic (exact) mass is 415 g/mol. The topological polar surface area (TPSA) is 137 Å². The molecular formula is C20H21N3O7. The first-order chi connectivity index (χ1) is 14.4. The van der Waals surface area contributed by atoms with Crippen molar-refractivity contribution in [1.82, 2.24) is 0 Å². The molecule has 0 saturated heterocycles. The summed E-state index contributed by atoms with van der Waals surface area (Å²) in [5, 5.41) is 15.8. The van der Waals surface area contributed by atoms with E-state index in [1.165, 1.54) is 31.4 Å². The summed E-state index contributed by atoms with van der Waals surface area (Å²) in [7, 11) is 1.50. The van der Waals surface area contributed by atoms with Gasteiger partial charge in [-0.15, -0.1) is 0 Å². The zero-order chi connectivity index (χ0) is 21.9. The summed E-state index contributed by atoms with van der Waals surface area (Å²) in [5.41, 5.74) is 0.583. The van der Waals surface area contributed by atoms with Gasteiger partial charge < -0.3 is 20.1 Å². The van der Waals surface area contributed by atoms with Gasteiger partial charge in [-0.05, 0) is 24.6 Å². The molecule has 2 amide bonds. The first kappa shape index (κ1) is 22.3. The molecule has 0 radical (unpaired) electrons. The average molecular weight is 415 g/mol. The first-order valence-corrected chi connectivity index (χ1v) is 9.02. The maximum Gasteiger partial charge on any atom is 0.306 e. The number of carbonyl (C=O) groups is 3. The van der Waals surface area contributed by atoms with Crippen molar-refractivity contribution in [3.8, 4) is 5.75 Å². The van der Waals surface area contributed by atoms with Gasteiger partial charge in [0, 0.05) is 30.7 Å². The highest BCUT2D eigenvalue weighted by atomic mass is 16.6. The summed E-state index contributed by atoms with van der Waals surface area (Å²) in [6.45, 7) is -0.533. The van der Waals surface area contributed by atoms with E-state index < -0.39 is 23.4 Å². The van der Waals surface area contributed by atoms with Gasteiger partial charge in [0.05, 0.1) is 17.7 Å². The summed E-state index contributed by atoms with van der Waals surface area (Å²) in [4.78, 5) is 45.7. The van der Waals surface area contributed by atoms with E-state index in [0.717, 1.165) is 0 Å². The van der Waals surface area contributed by atoms with E-state index in [1.54, 1.807) is 24.3 Å². The van der Waals surface area contributed by atoms with Crippen LogP contribution in [0.1, 0.15) is 19.3 Å². The highest BCUT2D eigenvalue weighted by Gasteiger charge is 2.12. The number of methoxy groups -OCH3 is 1. The Balaban J connectivity index is 1.68. The van der Waals surface area contributed by atoms with Crippen LogP contribution in [-0.2, 0) is 19.1 Å². The molecule has 0 unspecified atom stereocenters. The summed E-state index contributed by atoms with van der Waals surface area (Å²) >= 11 is 0. The molecule has 10 nitrogen and oxygen atoms in total. The number of rotatable bonds is 10. The molecule has 0 saturated carbocycles. The molecule has 0 bridgehead atoms. The Labute approximate surface area is 172 Å². The lowest BCUT2D eigenvalue weighted by Crippen LogP contribution is -2.21. The molecule has 0 aromatic heterocycles. The van der Waals surface area contributed by atoms with Gasteiger partial charge in [0.15, 0.2) is 6.61 Å². The molecule has 0 atom stereocenters. The van der Waals surface area contributed by atoms with Gasteiger partial charge >= 0.3 is 5.97 Å². The molecule has 0 spiro atoms. The van der Waals surface area contributed by atoms with E-state index in [1.807, 2.05) is 0 Å². The third-order valence-corrected chi connectivity index (χ3v) is 3.87. The van der Waals surface area contributed by atoms with Crippen LogP contribution >= 0.6 is 0 Å². The van der Waals surface area contributed by atoms with Gasteiger partial charge in [-0.3, -0.25) is 24.5 Å². The van der Waals surface area contributed by atoms with Crippen molar-refractivity contribution in [3.63, 3.8) is 0 Å². The molecule has 2 N–H and O–H groups in total. The second-order valence-corrected chi connectivity index (χ2v) is 6.12. The van der Waals surface area contributed by atoms with Crippen molar-refractivity contribution in [2.75, 3.05) is 24.4 Å². The second-order valence-electron chi connectivity index (χ2n) is 6.12. The number of anilines is 2. The van der Waals surface area contributed by atoms with Crippen LogP contribution in [0, 0.1) is 10.1 Å². The lowest BCUT2D eigenvalue weighted by Gasteiger charge is -2.09. The molecule has 158 valence electrons. The van der Waals surface area contributed by atoms with Gasteiger partial charge in [-0.25, -0.2) is 0 Å². The van der Waals surface area contributed by atoms with Gasteiger partial charge in [0.25, 0.3) is 11.6 Å². The van der Waals surface area contributed by atoms with Crippen LogP contribution in [0.25, 0.3) is 0 Å². The third-order valence-electron chi connectivity index (χ3n) is 3.87. The summed E-state index contributed by atoms with van der Waals surface area (Å²) in [6, 6.07) is 12.3. The van der Waals surface area contributed by atoms with Crippen molar-refractivity contribution in [2.45, 2.75) is 19.3 Å². The molecule has 0 aliphatic heterocycles. The van der Waals surface area contributed by atoms with E-state index >= 15 is 0 Å². The number of non-ortho nitro benzene ring substituents is 1. The maximum atomic E-state index is 12.0. The number of carbonyl (C=O) groups excluding carboxylic acids is 3. The Bertz CT molecular complexity index is 930. The number of hydrogen-bond donors (Lipinski definition) is 2. The number of nitro groups is 1. The Hall–Kier alpha value is -3.95. The number of nitrogens with zero attached hydrogens (tertiary/aromatic N) is 1. The number of ether oxygens (including phenoxy) is 2. The van der Waals surface area contributed by atoms with Crippen LogP contribution < -0.4 is 15.4 Å². The molecule has 10 heteroatoms. The average Bonchev–Trinajstić information content (AvgIpc) is 2.73. The molecule has 2 aromatic rings. The van der Waals surface area contributed by atoms with Crippen LogP contribution in [0.5, 0.6) is 5.75 Å². The number of nitrogens with one attached hydrogen (secondary N) is 2. The van der Waals surface area contributed by atoms with Crippen LogP contribution in [0.3, 0.4) is 0 Å². The fraction of sp³-hybridized carbons (Fsp3) is 0.250. The molecule has 0 heterocycles. The highest BCUT2D eigenvalue weighted by molar-refractivity contribution is 5.93. The van der Waals surface area contributed by atoms with Crippen molar-refractivity contribution in [1.29, 1.82) is 0 Å². The Kier molecular flexibility index (Phi) is 8.30. The second kappa shape index (κ2) is 11.1. The normalized spacial score (nSPS) is 10.0. The number of hydrogen-bond acceptors (Lipinski definition) is 7. The molecule has 0 aliphatic carbocycles. The number of esters is 1. The lowest BCUT2D eigenvalue weighted by atomic mass is 10.2. The number of benzene rings is 2. The van der Waals surface area contributed by atoms with E-state index in [4.69, 9.17) is 9.47 Å². The first-order valence-electron chi connectivity index (χ1n) is 9.02. The smallest absolute Gasteiger partial charge is 0.306 e. The van der Waals surface area contributed by atoms with Gasteiger partial charge in [0.2, 0.25) is 5.91 Å². The van der Waals surface area contributed by atoms with Crippen molar-refractivity contribution >= 4 is 34.8 Å². The fourth-order valence-corrected chi connectivity index (χ4v) is 2.47. The predicted octanol–water partition coefficient (Wildman–Crippen LogP) is 2.89. The van der Waals surface area contributed by atoms with Gasteiger partial charge in [-0.2, -0.15) is 0 Å².